The molecule has 0 bridgehead atoms. The first-order chi connectivity index (χ1) is 23.4. The molecule has 7 nitrogen and oxygen atoms in total. The lowest BCUT2D eigenvalue weighted by Crippen LogP contribution is -2.50. The first-order valence-corrected chi connectivity index (χ1v) is 24.7. The summed E-state index contributed by atoms with van der Waals surface area (Å²) in [6.45, 7) is 28.1. The number of carbonyl (C=O) groups excluding carboxylic acids is 2. The van der Waals surface area contributed by atoms with Crippen LogP contribution in [-0.4, -0.2) is 58.6 Å². The van der Waals surface area contributed by atoms with Gasteiger partial charge in [0.05, 0.1) is 25.2 Å². The molecular formula is C41H65FO7Si2. The van der Waals surface area contributed by atoms with Crippen LogP contribution in [0, 0.1) is 23.6 Å². The highest BCUT2D eigenvalue weighted by molar-refractivity contribution is 6.74. The van der Waals surface area contributed by atoms with Crippen molar-refractivity contribution in [1.29, 1.82) is 0 Å². The van der Waals surface area contributed by atoms with Gasteiger partial charge in [0.15, 0.2) is 22.2 Å². The maximum Gasteiger partial charge on any atom is 0.338 e. The van der Waals surface area contributed by atoms with Crippen LogP contribution in [0.5, 0.6) is 0 Å². The van der Waals surface area contributed by atoms with E-state index in [1.165, 1.54) is 12.1 Å². The maximum absolute atomic E-state index is 13.9. The molecule has 4 rings (SSSR count). The normalized spacial score (nSPS) is 27.8. The molecule has 2 aliphatic carbocycles. The summed E-state index contributed by atoms with van der Waals surface area (Å²) in [5.41, 5.74) is 0.678. The number of carbonyl (C=O) groups is 2. The van der Waals surface area contributed by atoms with Crippen molar-refractivity contribution < 1.29 is 37.0 Å². The Bertz CT molecular complexity index is 1440. The first-order valence-electron chi connectivity index (χ1n) is 18.9. The van der Waals surface area contributed by atoms with Gasteiger partial charge >= 0.3 is 11.9 Å². The molecular weight excluding hydrogens is 680 g/mol. The molecule has 1 aromatic rings. The summed E-state index contributed by atoms with van der Waals surface area (Å²) in [5, 5.41) is 0.0738. The number of allylic oxidation sites excluding steroid dienone is 2. The van der Waals surface area contributed by atoms with Gasteiger partial charge in [0.25, 0.3) is 0 Å². The molecule has 0 N–H and O–H groups in total. The van der Waals surface area contributed by atoms with Crippen molar-refractivity contribution in [2.24, 2.45) is 17.8 Å². The van der Waals surface area contributed by atoms with Crippen LogP contribution >= 0.6 is 0 Å². The lowest BCUT2D eigenvalue weighted by atomic mass is 9.66. The van der Waals surface area contributed by atoms with Gasteiger partial charge in [-0.2, -0.15) is 0 Å². The molecule has 1 heterocycles. The predicted octanol–water partition coefficient (Wildman–Crippen LogP) is 10.1. The first kappa shape index (κ1) is 41.6. The lowest BCUT2D eigenvalue weighted by Gasteiger charge is -2.46. The van der Waals surface area contributed by atoms with E-state index in [-0.39, 0.29) is 64.5 Å². The van der Waals surface area contributed by atoms with Gasteiger partial charge in [-0.3, -0.25) is 4.79 Å². The van der Waals surface area contributed by atoms with Gasteiger partial charge in [-0.25, -0.2) is 9.18 Å². The average molecular weight is 745 g/mol. The van der Waals surface area contributed by atoms with Crippen molar-refractivity contribution in [1.82, 2.24) is 0 Å². The molecule has 5 unspecified atom stereocenters. The summed E-state index contributed by atoms with van der Waals surface area (Å²) < 4.78 is 45.6. The molecule has 0 aromatic heterocycles. The summed E-state index contributed by atoms with van der Waals surface area (Å²) in [4.78, 5) is 26.7. The number of benzene rings is 1. The van der Waals surface area contributed by atoms with Crippen LogP contribution in [-0.2, 0) is 39.3 Å². The smallest absolute Gasteiger partial charge is 0.338 e. The van der Waals surface area contributed by atoms with Crippen LogP contribution in [0.2, 0.25) is 36.3 Å². The Labute approximate surface area is 309 Å². The van der Waals surface area contributed by atoms with Crippen molar-refractivity contribution in [2.45, 2.75) is 167 Å². The molecule has 1 aliphatic heterocycles. The Kier molecular flexibility index (Phi) is 12.8. The van der Waals surface area contributed by atoms with Gasteiger partial charge < -0.3 is 23.1 Å². The Morgan fingerprint density at radius 2 is 1.51 bits per heavy atom. The van der Waals surface area contributed by atoms with E-state index in [9.17, 15) is 14.0 Å². The largest absolute Gasteiger partial charge is 0.462 e. The number of hydrogen-bond acceptors (Lipinski definition) is 7. The molecule has 3 aliphatic rings. The number of esters is 2. The van der Waals surface area contributed by atoms with Gasteiger partial charge in [-0.05, 0) is 98.1 Å². The summed E-state index contributed by atoms with van der Waals surface area (Å²) in [5.74, 6) is -0.595. The maximum atomic E-state index is 13.9. The van der Waals surface area contributed by atoms with Gasteiger partial charge in [0, 0.05) is 18.8 Å². The van der Waals surface area contributed by atoms with Gasteiger partial charge in [-0.15, -0.1) is 0 Å². The molecule has 1 saturated heterocycles. The number of halogens is 1. The highest BCUT2D eigenvalue weighted by Gasteiger charge is 2.47. The number of hydrogen-bond donors (Lipinski definition) is 0. The second-order valence-electron chi connectivity index (χ2n) is 18.7. The highest BCUT2D eigenvalue weighted by atomic mass is 28.4. The summed E-state index contributed by atoms with van der Waals surface area (Å²) in [6, 6.07) is 6.08. The topological polar surface area (TPSA) is 80.3 Å². The third kappa shape index (κ3) is 10.5. The molecule has 10 heteroatoms. The van der Waals surface area contributed by atoms with E-state index in [2.05, 4.69) is 92.9 Å². The minimum absolute atomic E-state index is 0.0216. The van der Waals surface area contributed by atoms with E-state index in [4.69, 9.17) is 23.1 Å². The van der Waals surface area contributed by atoms with E-state index in [1.54, 1.807) is 26.0 Å². The molecule has 0 radical (unpaired) electrons. The van der Waals surface area contributed by atoms with Crippen molar-refractivity contribution >= 4 is 28.6 Å². The monoisotopic (exact) mass is 744 g/mol. The van der Waals surface area contributed by atoms with Crippen molar-refractivity contribution in [3.05, 3.63) is 59.4 Å². The van der Waals surface area contributed by atoms with Crippen LogP contribution in [0.3, 0.4) is 0 Å². The average Bonchev–Trinajstić information content (AvgIpc) is 2.98. The Hall–Kier alpha value is -2.12. The van der Waals surface area contributed by atoms with Crippen LogP contribution in [0.15, 0.2) is 48.1 Å². The molecule has 0 spiro atoms. The highest BCUT2D eigenvalue weighted by Crippen LogP contribution is 2.47. The van der Waals surface area contributed by atoms with E-state index in [0.717, 1.165) is 17.6 Å². The molecule has 0 saturated carbocycles. The number of rotatable bonds is 12. The Morgan fingerprint density at radius 3 is 2.12 bits per heavy atom. The fourth-order valence-corrected chi connectivity index (χ4v) is 9.51. The third-order valence-electron chi connectivity index (χ3n) is 12.2. The minimum Gasteiger partial charge on any atom is -0.462 e. The quantitative estimate of drug-likeness (QED) is 0.156. The fourth-order valence-electron chi connectivity index (χ4n) is 6.87. The molecule has 7 atom stereocenters. The van der Waals surface area contributed by atoms with Crippen LogP contribution in [0.4, 0.5) is 4.39 Å². The van der Waals surface area contributed by atoms with Crippen LogP contribution < -0.4 is 0 Å². The number of fused-ring (bicyclic) bond motifs is 1. The Balaban J connectivity index is 1.55. The number of cyclic esters (lactones) is 1. The SMILES string of the molecule is CC1C=CC2=CC(O[Si](C)(C)C(C)(C)C)CC(OC(=O)C(C)(C)OCc3ccc(F)cc3)C2C1CC[C@@H]1C[C@@H](O[Si](C)(C)C(C)(C)C)CC(=O)O1. The van der Waals surface area contributed by atoms with Crippen molar-refractivity contribution in [2.75, 3.05) is 0 Å². The second kappa shape index (κ2) is 15.7. The standard InChI is InChI=1S/C41H65FO7Si2/c1-27-14-17-29-22-32(48-50(10,11)39(2,3)4)24-35(47-38(44)41(8,9)45-26-28-15-18-30(42)19-16-28)37(29)34(27)21-20-31-23-33(25-36(43)46-31)49-51(12,13)40(5,6)7/h14-19,22,27,31-35,37H,20-21,23-26H2,1-13H3/t27?,31-,32?,33-,34?,35?,37?/m1/s1. The Morgan fingerprint density at radius 1 is 0.902 bits per heavy atom. The van der Waals surface area contributed by atoms with Crippen LogP contribution in [0.1, 0.15) is 100.0 Å². The summed E-state index contributed by atoms with van der Waals surface area (Å²) in [7, 11) is -4.19. The third-order valence-corrected chi connectivity index (χ3v) is 21.2. The van der Waals surface area contributed by atoms with Gasteiger partial charge in [-0.1, -0.05) is 78.8 Å². The summed E-state index contributed by atoms with van der Waals surface area (Å²) >= 11 is 0. The fraction of sp³-hybridized carbons (Fsp3) is 0.707. The molecule has 1 aromatic carbocycles. The zero-order valence-electron chi connectivity index (χ0n) is 33.6. The van der Waals surface area contributed by atoms with Gasteiger partial charge in [0.1, 0.15) is 18.0 Å². The van der Waals surface area contributed by atoms with Gasteiger partial charge in [0.2, 0.25) is 0 Å². The molecule has 51 heavy (non-hydrogen) atoms. The zero-order valence-corrected chi connectivity index (χ0v) is 35.6. The van der Waals surface area contributed by atoms with E-state index < -0.39 is 34.3 Å². The van der Waals surface area contributed by atoms with Crippen LogP contribution in [0.25, 0.3) is 0 Å². The zero-order chi connectivity index (χ0) is 38.2. The van der Waals surface area contributed by atoms with Crippen molar-refractivity contribution in [3.63, 3.8) is 0 Å². The van der Waals surface area contributed by atoms with Crippen molar-refractivity contribution in [3.8, 4) is 0 Å². The van der Waals surface area contributed by atoms with E-state index in [0.29, 0.717) is 25.7 Å². The second-order valence-corrected chi connectivity index (χ2v) is 28.2. The summed E-state index contributed by atoms with van der Waals surface area (Å²) in [6.07, 6.45) is 8.80. The van der Waals surface area contributed by atoms with E-state index in [1.807, 2.05) is 0 Å². The molecule has 0 amide bonds. The molecule has 1 fully saturated rings. The van der Waals surface area contributed by atoms with E-state index >= 15 is 0 Å². The minimum atomic E-state index is -2.14. The molecule has 286 valence electrons. The number of ether oxygens (including phenoxy) is 3. The lowest BCUT2D eigenvalue weighted by molar-refractivity contribution is -0.180. The predicted molar refractivity (Wildman–Crippen MR) is 206 cm³/mol.